The van der Waals surface area contributed by atoms with Gasteiger partial charge in [-0.25, -0.2) is 4.98 Å². The highest BCUT2D eigenvalue weighted by molar-refractivity contribution is 9.10. The molecular formula is C14H18BrN3O2. The quantitative estimate of drug-likeness (QED) is 0.773. The van der Waals surface area contributed by atoms with Gasteiger partial charge in [0.15, 0.2) is 0 Å². The first kappa shape index (κ1) is 15.0. The molecule has 0 unspecified atom stereocenters. The van der Waals surface area contributed by atoms with Gasteiger partial charge in [0.25, 0.3) is 5.91 Å². The normalized spacial score (nSPS) is 15.9. The summed E-state index contributed by atoms with van der Waals surface area (Å²) in [6.07, 6.45) is 2.91. The monoisotopic (exact) mass is 339 g/mol. The molecule has 2 heterocycles. The van der Waals surface area contributed by atoms with Crippen molar-refractivity contribution in [1.82, 2.24) is 14.8 Å². The van der Waals surface area contributed by atoms with Crippen molar-refractivity contribution in [3.63, 3.8) is 0 Å². The van der Waals surface area contributed by atoms with Gasteiger partial charge in [0.2, 0.25) is 5.91 Å². The zero-order valence-corrected chi connectivity index (χ0v) is 13.1. The van der Waals surface area contributed by atoms with Crippen LogP contribution in [0, 0.1) is 0 Å². The van der Waals surface area contributed by atoms with Gasteiger partial charge in [-0.05, 0) is 34.5 Å². The molecular weight excluding hydrogens is 322 g/mol. The van der Waals surface area contributed by atoms with Gasteiger partial charge in [0, 0.05) is 38.8 Å². The van der Waals surface area contributed by atoms with Crippen LogP contribution in [0.4, 0.5) is 0 Å². The van der Waals surface area contributed by atoms with Crippen LogP contribution in [-0.2, 0) is 4.79 Å². The summed E-state index contributed by atoms with van der Waals surface area (Å²) in [5.41, 5.74) is 0.587. The van der Waals surface area contributed by atoms with Crippen molar-refractivity contribution < 1.29 is 9.59 Å². The summed E-state index contributed by atoms with van der Waals surface area (Å²) in [6, 6.07) is 3.53. The number of carbonyl (C=O) groups excluding carboxylic acids is 2. The van der Waals surface area contributed by atoms with Crippen LogP contribution in [0.3, 0.4) is 0 Å². The molecule has 0 saturated carbocycles. The Hall–Kier alpha value is -1.43. The summed E-state index contributed by atoms with van der Waals surface area (Å²) >= 11 is 3.25. The molecule has 1 fully saturated rings. The fourth-order valence-corrected chi connectivity index (χ4v) is 2.51. The van der Waals surface area contributed by atoms with Crippen molar-refractivity contribution in [1.29, 1.82) is 0 Å². The minimum Gasteiger partial charge on any atom is -0.341 e. The number of pyridine rings is 1. The second-order valence-corrected chi connectivity index (χ2v) is 5.56. The topological polar surface area (TPSA) is 53.5 Å². The Labute approximate surface area is 127 Å². The molecule has 0 N–H and O–H groups in total. The van der Waals surface area contributed by atoms with Crippen LogP contribution in [0.25, 0.3) is 0 Å². The van der Waals surface area contributed by atoms with Crippen LogP contribution in [0.5, 0.6) is 0 Å². The van der Waals surface area contributed by atoms with Gasteiger partial charge in [-0.1, -0.05) is 6.92 Å². The number of rotatable bonds is 2. The van der Waals surface area contributed by atoms with Crippen LogP contribution in [0.15, 0.2) is 22.9 Å². The lowest BCUT2D eigenvalue weighted by Gasteiger charge is -2.21. The molecule has 20 heavy (non-hydrogen) atoms. The average molecular weight is 340 g/mol. The molecule has 0 radical (unpaired) electrons. The Balaban J connectivity index is 2.01. The second kappa shape index (κ2) is 6.83. The third kappa shape index (κ3) is 3.56. The molecule has 0 spiro atoms. The molecule has 0 aliphatic carbocycles. The predicted molar refractivity (Wildman–Crippen MR) is 79.3 cm³/mol. The maximum absolute atomic E-state index is 12.4. The van der Waals surface area contributed by atoms with Gasteiger partial charge in [-0.3, -0.25) is 9.59 Å². The largest absolute Gasteiger partial charge is 0.341 e. The Morgan fingerprint density at radius 3 is 2.55 bits per heavy atom. The number of hydrogen-bond donors (Lipinski definition) is 0. The summed E-state index contributed by atoms with van der Waals surface area (Å²) < 4.78 is 0.713. The molecule has 2 amide bonds. The molecule has 0 bridgehead atoms. The van der Waals surface area contributed by atoms with Crippen molar-refractivity contribution in [2.45, 2.75) is 19.8 Å². The van der Waals surface area contributed by atoms with Crippen molar-refractivity contribution >= 4 is 27.7 Å². The van der Waals surface area contributed by atoms with E-state index < -0.39 is 0 Å². The molecule has 1 aromatic rings. The summed E-state index contributed by atoms with van der Waals surface area (Å²) in [7, 11) is 0. The molecule has 1 aliphatic heterocycles. The fourth-order valence-electron chi connectivity index (χ4n) is 2.28. The molecule has 5 nitrogen and oxygen atoms in total. The van der Waals surface area contributed by atoms with Gasteiger partial charge in [-0.15, -0.1) is 0 Å². The lowest BCUT2D eigenvalue weighted by atomic mass is 10.2. The first-order chi connectivity index (χ1) is 9.61. The Morgan fingerprint density at radius 1 is 1.20 bits per heavy atom. The summed E-state index contributed by atoms with van der Waals surface area (Å²) in [6.45, 7) is 4.48. The summed E-state index contributed by atoms with van der Waals surface area (Å²) in [5.74, 6) is 0.139. The van der Waals surface area contributed by atoms with E-state index in [0.717, 1.165) is 13.0 Å². The number of nitrogens with zero attached hydrogens (tertiary/aromatic N) is 3. The number of hydrogen-bond acceptors (Lipinski definition) is 3. The van der Waals surface area contributed by atoms with E-state index in [1.54, 1.807) is 23.2 Å². The van der Waals surface area contributed by atoms with E-state index in [9.17, 15) is 9.59 Å². The van der Waals surface area contributed by atoms with Crippen LogP contribution in [0.1, 0.15) is 30.1 Å². The Bertz CT molecular complexity index is 490. The van der Waals surface area contributed by atoms with Crippen LogP contribution >= 0.6 is 15.9 Å². The van der Waals surface area contributed by atoms with E-state index >= 15 is 0 Å². The highest BCUT2D eigenvalue weighted by Gasteiger charge is 2.22. The molecule has 1 aliphatic rings. The minimum absolute atomic E-state index is 0.0178. The first-order valence-corrected chi connectivity index (χ1v) is 7.59. The molecule has 108 valence electrons. The van der Waals surface area contributed by atoms with Crippen molar-refractivity contribution in [2.75, 3.05) is 26.2 Å². The molecule has 0 aromatic carbocycles. The second-order valence-electron chi connectivity index (χ2n) is 4.75. The minimum atomic E-state index is -0.0178. The van der Waals surface area contributed by atoms with Crippen LogP contribution in [-0.4, -0.2) is 52.8 Å². The van der Waals surface area contributed by atoms with E-state index in [4.69, 9.17) is 0 Å². The maximum Gasteiger partial charge on any atom is 0.255 e. The van der Waals surface area contributed by atoms with E-state index in [2.05, 4.69) is 20.9 Å². The van der Waals surface area contributed by atoms with Gasteiger partial charge in [0.1, 0.15) is 4.60 Å². The maximum atomic E-state index is 12.4. The van der Waals surface area contributed by atoms with Crippen molar-refractivity contribution in [2.24, 2.45) is 0 Å². The molecule has 1 saturated heterocycles. The van der Waals surface area contributed by atoms with E-state index in [1.807, 2.05) is 11.8 Å². The lowest BCUT2D eigenvalue weighted by Crippen LogP contribution is -2.37. The number of carbonyl (C=O) groups is 2. The third-order valence-corrected chi connectivity index (χ3v) is 3.88. The van der Waals surface area contributed by atoms with E-state index in [0.29, 0.717) is 36.2 Å². The Kier molecular flexibility index (Phi) is 5.11. The van der Waals surface area contributed by atoms with Crippen molar-refractivity contribution in [3.05, 3.63) is 28.5 Å². The standard InChI is InChI=1S/C14H18BrN3O2/c1-2-13(19)17-6-3-7-18(9-8-17)14(20)11-4-5-12(15)16-10-11/h4-5,10H,2-3,6-9H2,1H3. The first-order valence-electron chi connectivity index (χ1n) is 6.80. The zero-order chi connectivity index (χ0) is 14.5. The van der Waals surface area contributed by atoms with Gasteiger partial charge >= 0.3 is 0 Å². The van der Waals surface area contributed by atoms with Crippen molar-refractivity contribution in [3.8, 4) is 0 Å². The summed E-state index contributed by atoms with van der Waals surface area (Å²) in [5, 5.41) is 0. The number of amides is 2. The number of halogens is 1. The zero-order valence-electron chi connectivity index (χ0n) is 11.5. The molecule has 6 heteroatoms. The van der Waals surface area contributed by atoms with E-state index in [-0.39, 0.29) is 11.8 Å². The smallest absolute Gasteiger partial charge is 0.255 e. The average Bonchev–Trinajstić information content (AvgIpc) is 2.72. The Morgan fingerprint density at radius 2 is 1.90 bits per heavy atom. The third-order valence-electron chi connectivity index (χ3n) is 3.41. The lowest BCUT2D eigenvalue weighted by molar-refractivity contribution is -0.130. The number of aromatic nitrogens is 1. The fraction of sp³-hybridized carbons (Fsp3) is 0.500. The highest BCUT2D eigenvalue weighted by atomic mass is 79.9. The van der Waals surface area contributed by atoms with Gasteiger partial charge in [-0.2, -0.15) is 0 Å². The van der Waals surface area contributed by atoms with Gasteiger partial charge < -0.3 is 9.80 Å². The molecule has 0 atom stereocenters. The van der Waals surface area contributed by atoms with E-state index in [1.165, 1.54) is 0 Å². The summed E-state index contributed by atoms with van der Waals surface area (Å²) in [4.78, 5) is 31.8. The van der Waals surface area contributed by atoms with Crippen LogP contribution in [0.2, 0.25) is 0 Å². The van der Waals surface area contributed by atoms with Crippen LogP contribution < -0.4 is 0 Å². The van der Waals surface area contributed by atoms with Gasteiger partial charge in [0.05, 0.1) is 5.56 Å². The highest BCUT2D eigenvalue weighted by Crippen LogP contribution is 2.11. The SMILES string of the molecule is CCC(=O)N1CCCN(C(=O)c2ccc(Br)nc2)CC1. The predicted octanol–water partition coefficient (Wildman–Crippen LogP) is 1.93. The molecule has 1 aromatic heterocycles. The molecule has 2 rings (SSSR count).